The Kier molecular flexibility index (Phi) is 4.42. The van der Waals surface area contributed by atoms with Crippen molar-refractivity contribution < 1.29 is 18.0 Å². The van der Waals surface area contributed by atoms with Crippen molar-refractivity contribution in [2.24, 2.45) is 0 Å². The quantitative estimate of drug-likeness (QED) is 0.757. The maximum atomic E-state index is 12.6. The highest BCUT2D eigenvalue weighted by molar-refractivity contribution is 7.99. The largest absolute Gasteiger partial charge is 0.416 e. The van der Waals surface area contributed by atoms with Gasteiger partial charge >= 0.3 is 6.18 Å². The van der Waals surface area contributed by atoms with Crippen LogP contribution in [-0.2, 0) is 6.18 Å². The van der Waals surface area contributed by atoms with Crippen LogP contribution in [-0.4, -0.2) is 23.1 Å². The highest BCUT2D eigenvalue weighted by Gasteiger charge is 2.33. The van der Waals surface area contributed by atoms with E-state index in [0.29, 0.717) is 12.1 Å². The third-order valence-electron chi connectivity index (χ3n) is 3.62. The highest BCUT2D eigenvalue weighted by atomic mass is 32.2. The van der Waals surface area contributed by atoms with Gasteiger partial charge in [0.05, 0.1) is 5.56 Å². The topological polar surface area (TPSA) is 20.3 Å². The Morgan fingerprint density at radius 3 is 2.43 bits per heavy atom. The standard InChI is InChI=1S/C16H14F3NOS2/c1-10-2-7-13(23-10)15-20(8-9-22-15)14(21)11-3-5-12(6-4-11)16(17,18)19/h2-7,15H,8-9H2,1H3/t15-/m0/s1. The smallest absolute Gasteiger partial charge is 0.321 e. The van der Waals surface area contributed by atoms with Crippen molar-refractivity contribution in [2.75, 3.05) is 12.3 Å². The first-order chi connectivity index (χ1) is 10.9. The second-order valence-corrected chi connectivity index (χ2v) is 7.75. The van der Waals surface area contributed by atoms with E-state index >= 15 is 0 Å². The van der Waals surface area contributed by atoms with Crippen LogP contribution in [0.3, 0.4) is 0 Å². The monoisotopic (exact) mass is 357 g/mol. The number of carbonyl (C=O) groups is 1. The minimum absolute atomic E-state index is 0.0523. The van der Waals surface area contributed by atoms with Crippen LogP contribution < -0.4 is 0 Å². The zero-order chi connectivity index (χ0) is 16.6. The number of halogens is 3. The summed E-state index contributed by atoms with van der Waals surface area (Å²) in [5, 5.41) is -0.0523. The predicted molar refractivity (Wildman–Crippen MR) is 86.7 cm³/mol. The summed E-state index contributed by atoms with van der Waals surface area (Å²) in [7, 11) is 0. The first-order valence-corrected chi connectivity index (χ1v) is 8.89. The van der Waals surface area contributed by atoms with E-state index in [4.69, 9.17) is 0 Å². The molecule has 1 saturated heterocycles. The molecule has 1 aliphatic rings. The molecule has 0 radical (unpaired) electrons. The van der Waals surface area contributed by atoms with E-state index in [2.05, 4.69) is 0 Å². The molecule has 0 bridgehead atoms. The molecule has 1 aromatic heterocycles. The number of carbonyl (C=O) groups excluding carboxylic acids is 1. The lowest BCUT2D eigenvalue weighted by Crippen LogP contribution is -2.30. The molecule has 2 nitrogen and oxygen atoms in total. The number of hydrogen-bond acceptors (Lipinski definition) is 3. The van der Waals surface area contributed by atoms with Crippen LogP contribution >= 0.6 is 23.1 Å². The van der Waals surface area contributed by atoms with Gasteiger partial charge in [0.15, 0.2) is 0 Å². The molecule has 0 spiro atoms. The molecule has 7 heteroatoms. The molecule has 1 aliphatic heterocycles. The maximum Gasteiger partial charge on any atom is 0.416 e. The number of rotatable bonds is 2. The van der Waals surface area contributed by atoms with E-state index in [-0.39, 0.29) is 11.3 Å². The van der Waals surface area contributed by atoms with Crippen molar-refractivity contribution in [3.63, 3.8) is 0 Å². The van der Waals surface area contributed by atoms with E-state index in [0.717, 1.165) is 22.8 Å². The van der Waals surface area contributed by atoms with Gasteiger partial charge < -0.3 is 4.90 Å². The minimum atomic E-state index is -4.39. The van der Waals surface area contributed by atoms with Crippen LogP contribution in [0.1, 0.15) is 31.0 Å². The van der Waals surface area contributed by atoms with Gasteiger partial charge in [0.25, 0.3) is 5.91 Å². The zero-order valence-corrected chi connectivity index (χ0v) is 13.9. The number of alkyl halides is 3. The molecule has 0 saturated carbocycles. The lowest BCUT2D eigenvalue weighted by molar-refractivity contribution is -0.137. The number of thioether (sulfide) groups is 1. The minimum Gasteiger partial charge on any atom is -0.321 e. The lowest BCUT2D eigenvalue weighted by Gasteiger charge is -2.23. The average Bonchev–Trinajstić information content (AvgIpc) is 3.14. The Labute approximate surface area is 140 Å². The molecule has 0 N–H and O–H groups in total. The van der Waals surface area contributed by atoms with E-state index in [1.807, 2.05) is 19.1 Å². The van der Waals surface area contributed by atoms with E-state index < -0.39 is 11.7 Å². The van der Waals surface area contributed by atoms with Crippen LogP contribution in [0.15, 0.2) is 36.4 Å². The van der Waals surface area contributed by atoms with Gasteiger partial charge in [-0.15, -0.1) is 23.1 Å². The molecule has 0 aliphatic carbocycles. The van der Waals surface area contributed by atoms with Crippen molar-refractivity contribution in [3.8, 4) is 0 Å². The summed E-state index contributed by atoms with van der Waals surface area (Å²) in [5.41, 5.74) is -0.450. The van der Waals surface area contributed by atoms with Gasteiger partial charge in [0.2, 0.25) is 0 Å². The lowest BCUT2D eigenvalue weighted by atomic mass is 10.1. The molecule has 1 fully saturated rings. The van der Waals surface area contributed by atoms with Gasteiger partial charge in [-0.05, 0) is 43.3 Å². The molecular formula is C16H14F3NOS2. The third-order valence-corrected chi connectivity index (χ3v) is 6.06. The molecule has 1 amide bonds. The number of benzene rings is 1. The predicted octanol–water partition coefficient (Wildman–Crippen LogP) is 4.96. The summed E-state index contributed by atoms with van der Waals surface area (Å²) >= 11 is 3.33. The third kappa shape index (κ3) is 3.40. The fraction of sp³-hybridized carbons (Fsp3) is 0.312. The van der Waals surface area contributed by atoms with Crippen LogP contribution in [0.5, 0.6) is 0 Å². The Morgan fingerprint density at radius 1 is 1.17 bits per heavy atom. The molecule has 122 valence electrons. The SMILES string of the molecule is Cc1ccc([C@@H]2SCCN2C(=O)c2ccc(C(F)(F)F)cc2)s1. The fourth-order valence-corrected chi connectivity index (χ4v) is 4.84. The van der Waals surface area contributed by atoms with Crippen molar-refractivity contribution in [1.29, 1.82) is 0 Å². The van der Waals surface area contributed by atoms with Crippen LogP contribution in [0.2, 0.25) is 0 Å². The average molecular weight is 357 g/mol. The van der Waals surface area contributed by atoms with Crippen molar-refractivity contribution in [1.82, 2.24) is 4.90 Å². The second kappa shape index (κ2) is 6.20. The van der Waals surface area contributed by atoms with Crippen molar-refractivity contribution in [2.45, 2.75) is 18.5 Å². The van der Waals surface area contributed by atoms with Crippen molar-refractivity contribution >= 4 is 29.0 Å². The zero-order valence-electron chi connectivity index (χ0n) is 12.3. The molecule has 0 unspecified atom stereocenters. The Hall–Kier alpha value is -1.47. The van der Waals surface area contributed by atoms with Gasteiger partial charge in [0.1, 0.15) is 5.37 Å². The number of aryl methyl sites for hydroxylation is 1. The van der Waals surface area contributed by atoms with Crippen LogP contribution in [0, 0.1) is 6.92 Å². The molecule has 3 rings (SSSR count). The summed E-state index contributed by atoms with van der Waals surface area (Å²) < 4.78 is 37.8. The second-order valence-electron chi connectivity index (χ2n) is 5.25. The first kappa shape index (κ1) is 16.4. The highest BCUT2D eigenvalue weighted by Crippen LogP contribution is 2.41. The normalized spacial score (nSPS) is 18.4. The fourth-order valence-electron chi connectivity index (χ4n) is 2.47. The van der Waals surface area contributed by atoms with Crippen LogP contribution in [0.4, 0.5) is 13.2 Å². The Balaban J connectivity index is 1.82. The van der Waals surface area contributed by atoms with Gasteiger partial charge in [-0.25, -0.2) is 0 Å². The molecule has 2 heterocycles. The summed E-state index contributed by atoms with van der Waals surface area (Å²) in [4.78, 5) is 16.6. The number of nitrogens with zero attached hydrogens (tertiary/aromatic N) is 1. The number of hydrogen-bond donors (Lipinski definition) is 0. The molecule has 1 atom stereocenters. The molecule has 2 aromatic rings. The van der Waals surface area contributed by atoms with E-state index in [9.17, 15) is 18.0 Å². The van der Waals surface area contributed by atoms with Gasteiger partial charge in [-0.2, -0.15) is 13.2 Å². The maximum absolute atomic E-state index is 12.6. The molecule has 23 heavy (non-hydrogen) atoms. The number of thiophene rings is 1. The van der Waals surface area contributed by atoms with E-state index in [1.54, 1.807) is 28.0 Å². The summed E-state index contributed by atoms with van der Waals surface area (Å²) in [6.07, 6.45) is -4.39. The van der Waals surface area contributed by atoms with Crippen molar-refractivity contribution in [3.05, 3.63) is 57.3 Å². The molecular weight excluding hydrogens is 343 g/mol. The van der Waals surface area contributed by atoms with Gasteiger partial charge in [-0.1, -0.05) is 0 Å². The summed E-state index contributed by atoms with van der Waals surface area (Å²) in [6, 6.07) is 8.45. The Bertz CT molecular complexity index is 709. The summed E-state index contributed by atoms with van der Waals surface area (Å²) in [6.45, 7) is 2.61. The first-order valence-electron chi connectivity index (χ1n) is 7.02. The van der Waals surface area contributed by atoms with Gasteiger partial charge in [-0.3, -0.25) is 4.79 Å². The summed E-state index contributed by atoms with van der Waals surface area (Å²) in [5.74, 6) is 0.605. The van der Waals surface area contributed by atoms with Gasteiger partial charge in [0, 0.05) is 27.6 Å². The Morgan fingerprint density at radius 2 is 1.87 bits per heavy atom. The number of amides is 1. The molecule has 1 aromatic carbocycles. The van der Waals surface area contributed by atoms with Crippen LogP contribution in [0.25, 0.3) is 0 Å². The van der Waals surface area contributed by atoms with E-state index in [1.165, 1.54) is 17.0 Å².